The van der Waals surface area contributed by atoms with Crippen molar-refractivity contribution in [1.82, 2.24) is 13.3 Å². The Hall–Kier alpha value is -1.25. The zero-order valence-electron chi connectivity index (χ0n) is 10.7. The number of imidazole rings is 1. The van der Waals surface area contributed by atoms with Crippen LogP contribution in [0.2, 0.25) is 0 Å². The predicted molar refractivity (Wildman–Crippen MR) is 67.9 cm³/mol. The lowest BCUT2D eigenvalue weighted by molar-refractivity contribution is 0.100. The lowest BCUT2D eigenvalue weighted by Crippen LogP contribution is -2.40. The third kappa shape index (κ3) is 2.70. The molecule has 0 radical (unpaired) electrons. The zero-order valence-corrected chi connectivity index (χ0v) is 11.6. The highest BCUT2D eigenvalue weighted by Crippen LogP contribution is 2.17. The van der Waals surface area contributed by atoms with Gasteiger partial charge in [-0.05, 0) is 12.8 Å². The maximum absolute atomic E-state index is 12.5. The molecule has 1 aromatic heterocycles. The van der Waals surface area contributed by atoms with E-state index in [2.05, 4.69) is 4.98 Å². The molecule has 0 aromatic carbocycles. The molecule has 1 N–H and O–H groups in total. The van der Waals surface area contributed by atoms with Crippen LogP contribution in [0.4, 0.5) is 0 Å². The average molecular weight is 287 g/mol. The van der Waals surface area contributed by atoms with E-state index in [9.17, 15) is 13.2 Å². The first-order valence-electron chi connectivity index (χ1n) is 6.17. The van der Waals surface area contributed by atoms with Gasteiger partial charge in [0.1, 0.15) is 0 Å². The molecule has 106 valence electrons. The van der Waals surface area contributed by atoms with Crippen molar-refractivity contribution >= 4 is 16.0 Å². The minimum absolute atomic E-state index is 0.158. The molecule has 8 heteroatoms. The second-order valence-electron chi connectivity index (χ2n) is 4.53. The molecule has 1 fully saturated rings. The van der Waals surface area contributed by atoms with E-state index in [0.717, 1.165) is 23.2 Å². The Morgan fingerprint density at radius 1 is 1.37 bits per heavy atom. The molecule has 0 unspecified atom stereocenters. The lowest BCUT2D eigenvalue weighted by atomic mass is 10.2. The van der Waals surface area contributed by atoms with Crippen LogP contribution in [-0.4, -0.2) is 45.7 Å². The van der Waals surface area contributed by atoms with E-state index >= 15 is 0 Å². The number of carbonyl (C=O) groups is 1. The number of aliphatic hydroxyl groups excluding tert-OH is 1. The third-order valence-corrected chi connectivity index (χ3v) is 4.88. The van der Waals surface area contributed by atoms with Gasteiger partial charge in [0.05, 0.1) is 12.3 Å². The number of carbonyl (C=O) groups excluding carboxylic acids is 1. The second-order valence-corrected chi connectivity index (χ2v) is 6.34. The van der Waals surface area contributed by atoms with E-state index in [-0.39, 0.29) is 11.5 Å². The predicted octanol–water partition coefficient (Wildman–Crippen LogP) is 0.157. The summed E-state index contributed by atoms with van der Waals surface area (Å²) < 4.78 is 27.1. The van der Waals surface area contributed by atoms with Crippen molar-refractivity contribution in [2.75, 3.05) is 13.1 Å². The van der Waals surface area contributed by atoms with Crippen molar-refractivity contribution in [2.45, 2.75) is 32.8 Å². The zero-order chi connectivity index (χ0) is 14.0. The summed E-state index contributed by atoms with van der Waals surface area (Å²) >= 11 is 0. The molecule has 0 spiro atoms. The molecule has 1 aromatic rings. The van der Waals surface area contributed by atoms with Gasteiger partial charge in [-0.2, -0.15) is 12.7 Å². The molecule has 1 aliphatic heterocycles. The topological polar surface area (TPSA) is 92.5 Å². The van der Waals surface area contributed by atoms with Gasteiger partial charge in [-0.25, -0.2) is 8.96 Å². The van der Waals surface area contributed by atoms with Crippen LogP contribution >= 0.6 is 0 Å². The number of piperidine rings is 1. The van der Waals surface area contributed by atoms with Crippen LogP contribution in [0.25, 0.3) is 0 Å². The van der Waals surface area contributed by atoms with Crippen molar-refractivity contribution in [3.63, 3.8) is 0 Å². The van der Waals surface area contributed by atoms with Gasteiger partial charge in [0.25, 0.3) is 0 Å². The van der Waals surface area contributed by atoms with Crippen molar-refractivity contribution in [3.05, 3.63) is 17.7 Å². The van der Waals surface area contributed by atoms with Crippen LogP contribution in [0.5, 0.6) is 0 Å². The summed E-state index contributed by atoms with van der Waals surface area (Å²) in [4.78, 5) is 15.3. The summed E-state index contributed by atoms with van der Waals surface area (Å²) in [5.74, 6) is -0.602. The Morgan fingerprint density at radius 3 is 2.53 bits per heavy atom. The Labute approximate surface area is 112 Å². The molecule has 0 saturated carbocycles. The molecule has 1 aliphatic rings. The summed E-state index contributed by atoms with van der Waals surface area (Å²) in [5.41, 5.74) is 0.172. The largest absolute Gasteiger partial charge is 0.390 e. The number of hydrogen-bond donors (Lipinski definition) is 1. The summed E-state index contributed by atoms with van der Waals surface area (Å²) in [6, 6.07) is 0. The van der Waals surface area contributed by atoms with Gasteiger partial charge in [0.2, 0.25) is 0 Å². The molecule has 2 rings (SSSR count). The normalized spacial score (nSPS) is 17.6. The highest BCUT2D eigenvalue weighted by molar-refractivity contribution is 7.87. The maximum atomic E-state index is 12.5. The minimum atomic E-state index is -3.77. The molecule has 0 atom stereocenters. The number of Topliss-reactive ketones (excluding diaryl/α,β-unsaturated/α-hetero) is 1. The minimum Gasteiger partial charge on any atom is -0.390 e. The Kier molecular flexibility index (Phi) is 4.02. The highest BCUT2D eigenvalue weighted by atomic mass is 32.2. The molecular formula is C11H17N3O4S. The fourth-order valence-electron chi connectivity index (χ4n) is 2.12. The highest BCUT2D eigenvalue weighted by Gasteiger charge is 2.29. The number of aliphatic hydroxyl groups is 1. The SMILES string of the molecule is CC(=O)c1nc(CO)cn1S(=O)(=O)N1CCCCC1. The first-order valence-corrected chi connectivity index (χ1v) is 7.57. The summed E-state index contributed by atoms with van der Waals surface area (Å²) in [6.45, 7) is 1.76. The number of aromatic nitrogens is 2. The number of hydrogen-bond acceptors (Lipinski definition) is 5. The van der Waals surface area contributed by atoms with Gasteiger partial charge in [0.15, 0.2) is 11.6 Å². The van der Waals surface area contributed by atoms with E-state index in [4.69, 9.17) is 5.11 Å². The van der Waals surface area contributed by atoms with E-state index in [1.165, 1.54) is 17.4 Å². The van der Waals surface area contributed by atoms with E-state index in [0.29, 0.717) is 13.1 Å². The first kappa shape index (κ1) is 14.2. The van der Waals surface area contributed by atoms with Crippen LogP contribution in [-0.2, 0) is 16.8 Å². The van der Waals surface area contributed by atoms with Crippen LogP contribution in [0.1, 0.15) is 42.5 Å². The smallest absolute Gasteiger partial charge is 0.309 e. The maximum Gasteiger partial charge on any atom is 0.309 e. The first-order chi connectivity index (χ1) is 8.96. The van der Waals surface area contributed by atoms with E-state index in [1.54, 1.807) is 0 Å². The summed E-state index contributed by atoms with van der Waals surface area (Å²) in [6.07, 6.45) is 3.85. The van der Waals surface area contributed by atoms with Crippen LogP contribution < -0.4 is 0 Å². The van der Waals surface area contributed by atoms with Crippen molar-refractivity contribution in [2.24, 2.45) is 0 Å². The van der Waals surface area contributed by atoms with Gasteiger partial charge >= 0.3 is 10.2 Å². The van der Waals surface area contributed by atoms with Gasteiger partial charge in [-0.3, -0.25) is 4.79 Å². The van der Waals surface area contributed by atoms with E-state index < -0.39 is 22.6 Å². The second kappa shape index (κ2) is 5.40. The van der Waals surface area contributed by atoms with Gasteiger partial charge in [-0.1, -0.05) is 6.42 Å². The quantitative estimate of drug-likeness (QED) is 0.796. The monoisotopic (exact) mass is 287 g/mol. The van der Waals surface area contributed by atoms with Crippen LogP contribution in [0.15, 0.2) is 6.20 Å². The molecular weight excluding hydrogens is 270 g/mol. The fourth-order valence-corrected chi connectivity index (χ4v) is 3.73. The van der Waals surface area contributed by atoms with Crippen molar-refractivity contribution < 1.29 is 18.3 Å². The van der Waals surface area contributed by atoms with Crippen LogP contribution in [0, 0.1) is 0 Å². The molecule has 1 saturated heterocycles. The Balaban J connectivity index is 2.44. The standard InChI is InChI=1S/C11H17N3O4S/c1-9(16)11-12-10(8-15)7-14(11)19(17,18)13-5-3-2-4-6-13/h7,15H,2-6,8H2,1H3. The fraction of sp³-hybridized carbons (Fsp3) is 0.636. The summed E-state index contributed by atoms with van der Waals surface area (Å²) in [5, 5.41) is 9.04. The Bertz CT molecular complexity index is 573. The molecule has 0 bridgehead atoms. The van der Waals surface area contributed by atoms with Gasteiger partial charge in [0, 0.05) is 26.2 Å². The molecule has 0 aliphatic carbocycles. The van der Waals surface area contributed by atoms with Crippen molar-refractivity contribution in [1.29, 1.82) is 0 Å². The number of rotatable bonds is 4. The van der Waals surface area contributed by atoms with Crippen LogP contribution in [0.3, 0.4) is 0 Å². The van der Waals surface area contributed by atoms with Gasteiger partial charge in [-0.15, -0.1) is 0 Å². The third-order valence-electron chi connectivity index (χ3n) is 3.09. The lowest BCUT2D eigenvalue weighted by Gasteiger charge is -2.26. The Morgan fingerprint density at radius 2 is 2.00 bits per heavy atom. The number of nitrogens with zero attached hydrogens (tertiary/aromatic N) is 3. The number of ketones is 1. The molecule has 0 amide bonds. The molecule has 2 heterocycles. The summed E-state index contributed by atoms with van der Waals surface area (Å²) in [7, 11) is -3.77. The van der Waals surface area contributed by atoms with Gasteiger partial charge < -0.3 is 5.11 Å². The van der Waals surface area contributed by atoms with Crippen molar-refractivity contribution in [3.8, 4) is 0 Å². The average Bonchev–Trinajstić information content (AvgIpc) is 2.85. The molecule has 19 heavy (non-hydrogen) atoms. The van der Waals surface area contributed by atoms with E-state index in [1.807, 2.05) is 0 Å². The molecule has 7 nitrogen and oxygen atoms in total.